The van der Waals surface area contributed by atoms with Crippen molar-refractivity contribution < 1.29 is 14.7 Å². The van der Waals surface area contributed by atoms with Gasteiger partial charge in [-0.1, -0.05) is 28.9 Å². The Balaban J connectivity index is 1.87. The molecule has 1 aliphatic heterocycles. The standard InChI is InChI=1S/C15H15ClN4O3/c1-9-13(14(21)19-7-6-10(8-19)15(22)23)17-18-20(9)12-5-3-2-4-11(12)16/h2-5,10H,6-8H2,1H3,(H,22,23). The highest BCUT2D eigenvalue weighted by molar-refractivity contribution is 6.32. The summed E-state index contributed by atoms with van der Waals surface area (Å²) in [6, 6.07) is 7.15. The van der Waals surface area contributed by atoms with Crippen LogP contribution >= 0.6 is 11.6 Å². The quantitative estimate of drug-likeness (QED) is 0.924. The largest absolute Gasteiger partial charge is 0.481 e. The molecule has 3 rings (SSSR count). The Bertz CT molecular complexity index is 774. The Labute approximate surface area is 137 Å². The summed E-state index contributed by atoms with van der Waals surface area (Å²) in [4.78, 5) is 25.1. The highest BCUT2D eigenvalue weighted by atomic mass is 35.5. The predicted molar refractivity (Wildman–Crippen MR) is 82.8 cm³/mol. The molecule has 1 N–H and O–H groups in total. The second kappa shape index (κ2) is 6.00. The fraction of sp³-hybridized carbons (Fsp3) is 0.333. The summed E-state index contributed by atoms with van der Waals surface area (Å²) in [6.45, 7) is 2.35. The van der Waals surface area contributed by atoms with Crippen molar-refractivity contribution in [3.63, 3.8) is 0 Å². The Morgan fingerprint density at radius 2 is 2.09 bits per heavy atom. The van der Waals surface area contributed by atoms with Crippen molar-refractivity contribution in [1.82, 2.24) is 19.9 Å². The lowest BCUT2D eigenvalue weighted by atomic mass is 10.1. The second-order valence-electron chi connectivity index (χ2n) is 5.46. The molecule has 8 heteroatoms. The SMILES string of the molecule is Cc1c(C(=O)N2CCC(C(=O)O)C2)nnn1-c1ccccc1Cl. The molecule has 0 aliphatic carbocycles. The molecule has 1 aromatic heterocycles. The molecule has 1 saturated heterocycles. The summed E-state index contributed by atoms with van der Waals surface area (Å²) in [7, 11) is 0. The lowest BCUT2D eigenvalue weighted by Crippen LogP contribution is -2.30. The molecule has 7 nitrogen and oxygen atoms in total. The van der Waals surface area contributed by atoms with E-state index >= 15 is 0 Å². The predicted octanol–water partition coefficient (Wildman–Crippen LogP) is 1.78. The van der Waals surface area contributed by atoms with Gasteiger partial charge in [0.1, 0.15) is 0 Å². The first-order valence-electron chi connectivity index (χ1n) is 7.18. The Morgan fingerprint density at radius 1 is 1.35 bits per heavy atom. The second-order valence-corrected chi connectivity index (χ2v) is 5.87. The van der Waals surface area contributed by atoms with Crippen molar-refractivity contribution >= 4 is 23.5 Å². The minimum absolute atomic E-state index is 0.201. The van der Waals surface area contributed by atoms with Crippen molar-refractivity contribution in [2.45, 2.75) is 13.3 Å². The highest BCUT2D eigenvalue weighted by Crippen LogP contribution is 2.23. The molecule has 1 atom stereocenters. The number of aromatic nitrogens is 3. The number of carbonyl (C=O) groups is 2. The van der Waals surface area contributed by atoms with Crippen LogP contribution in [0.25, 0.3) is 5.69 Å². The van der Waals surface area contributed by atoms with E-state index in [0.717, 1.165) is 0 Å². The summed E-state index contributed by atoms with van der Waals surface area (Å²) < 4.78 is 1.51. The summed E-state index contributed by atoms with van der Waals surface area (Å²) in [6.07, 6.45) is 0.457. The van der Waals surface area contributed by atoms with E-state index in [0.29, 0.717) is 29.4 Å². The smallest absolute Gasteiger partial charge is 0.308 e. The number of halogens is 1. The molecule has 0 bridgehead atoms. The molecule has 2 aromatic rings. The molecule has 120 valence electrons. The first kappa shape index (κ1) is 15.5. The van der Waals surface area contributed by atoms with Gasteiger partial charge in [0.15, 0.2) is 5.69 Å². The lowest BCUT2D eigenvalue weighted by Gasteiger charge is -2.14. The van der Waals surface area contributed by atoms with Crippen LogP contribution in [-0.2, 0) is 4.79 Å². The zero-order valence-electron chi connectivity index (χ0n) is 12.4. The van der Waals surface area contributed by atoms with E-state index in [-0.39, 0.29) is 18.1 Å². The average Bonchev–Trinajstić information content (AvgIpc) is 3.14. The molecule has 0 radical (unpaired) electrons. The number of carboxylic acid groups (broad SMARTS) is 1. The number of carbonyl (C=O) groups excluding carboxylic acids is 1. The van der Waals surface area contributed by atoms with Gasteiger partial charge in [-0.15, -0.1) is 5.10 Å². The molecule has 1 unspecified atom stereocenters. The number of nitrogens with zero attached hydrogens (tertiary/aromatic N) is 4. The van der Waals surface area contributed by atoms with Gasteiger partial charge in [0.05, 0.1) is 22.3 Å². The van der Waals surface area contributed by atoms with Gasteiger partial charge in [-0.2, -0.15) is 0 Å². The van der Waals surface area contributed by atoms with Crippen LogP contribution in [0.15, 0.2) is 24.3 Å². The fourth-order valence-corrected chi connectivity index (χ4v) is 2.89. The van der Waals surface area contributed by atoms with E-state index < -0.39 is 11.9 Å². The number of benzene rings is 1. The van der Waals surface area contributed by atoms with Crippen LogP contribution in [0.5, 0.6) is 0 Å². The van der Waals surface area contributed by atoms with Gasteiger partial charge in [-0.05, 0) is 25.5 Å². The highest BCUT2D eigenvalue weighted by Gasteiger charge is 2.33. The van der Waals surface area contributed by atoms with Gasteiger partial charge < -0.3 is 10.0 Å². The molecule has 2 heterocycles. The molecule has 23 heavy (non-hydrogen) atoms. The maximum Gasteiger partial charge on any atom is 0.308 e. The molecule has 1 aliphatic rings. The average molecular weight is 335 g/mol. The minimum Gasteiger partial charge on any atom is -0.481 e. The maximum atomic E-state index is 12.5. The van der Waals surface area contributed by atoms with Gasteiger partial charge >= 0.3 is 5.97 Å². The number of amides is 1. The van der Waals surface area contributed by atoms with Gasteiger partial charge in [-0.3, -0.25) is 9.59 Å². The van der Waals surface area contributed by atoms with Gasteiger partial charge in [-0.25, -0.2) is 4.68 Å². The van der Waals surface area contributed by atoms with E-state index in [1.165, 1.54) is 9.58 Å². The van der Waals surface area contributed by atoms with Crippen LogP contribution in [0.1, 0.15) is 22.6 Å². The van der Waals surface area contributed by atoms with E-state index in [9.17, 15) is 9.59 Å². The van der Waals surface area contributed by atoms with Crippen molar-refractivity contribution in [3.05, 3.63) is 40.7 Å². The van der Waals surface area contributed by atoms with E-state index in [2.05, 4.69) is 10.3 Å². The Hall–Kier alpha value is -2.41. The third-order valence-electron chi connectivity index (χ3n) is 4.00. The summed E-state index contributed by atoms with van der Waals surface area (Å²) in [5, 5.41) is 17.5. The minimum atomic E-state index is -0.878. The Kier molecular flexibility index (Phi) is 4.04. The first-order chi connectivity index (χ1) is 11.0. The van der Waals surface area contributed by atoms with Crippen LogP contribution in [0.3, 0.4) is 0 Å². The van der Waals surface area contributed by atoms with Gasteiger partial charge in [0.2, 0.25) is 0 Å². The van der Waals surface area contributed by atoms with Crippen LogP contribution in [0, 0.1) is 12.8 Å². The molecule has 1 fully saturated rings. The van der Waals surface area contributed by atoms with Crippen LogP contribution in [-0.4, -0.2) is 50.0 Å². The van der Waals surface area contributed by atoms with Crippen LogP contribution in [0.2, 0.25) is 5.02 Å². The van der Waals surface area contributed by atoms with Crippen LogP contribution < -0.4 is 0 Å². The number of carboxylic acids is 1. The van der Waals surface area contributed by atoms with Gasteiger partial charge in [0, 0.05) is 13.1 Å². The maximum absolute atomic E-state index is 12.5. The van der Waals surface area contributed by atoms with E-state index in [4.69, 9.17) is 16.7 Å². The monoisotopic (exact) mass is 334 g/mol. The zero-order chi connectivity index (χ0) is 16.6. The van der Waals surface area contributed by atoms with E-state index in [1.807, 2.05) is 6.07 Å². The van der Waals surface area contributed by atoms with Crippen molar-refractivity contribution in [1.29, 1.82) is 0 Å². The number of aliphatic carboxylic acids is 1. The fourth-order valence-electron chi connectivity index (χ4n) is 2.68. The number of hydrogen-bond donors (Lipinski definition) is 1. The zero-order valence-corrected chi connectivity index (χ0v) is 13.2. The van der Waals surface area contributed by atoms with Crippen molar-refractivity contribution in [2.75, 3.05) is 13.1 Å². The molecular weight excluding hydrogens is 320 g/mol. The van der Waals surface area contributed by atoms with Gasteiger partial charge in [0.25, 0.3) is 5.91 Å². The lowest BCUT2D eigenvalue weighted by molar-refractivity contribution is -0.141. The first-order valence-corrected chi connectivity index (χ1v) is 7.56. The Morgan fingerprint density at radius 3 is 2.74 bits per heavy atom. The van der Waals surface area contributed by atoms with Crippen molar-refractivity contribution in [3.8, 4) is 5.69 Å². The van der Waals surface area contributed by atoms with E-state index in [1.54, 1.807) is 25.1 Å². The molecule has 0 saturated carbocycles. The van der Waals surface area contributed by atoms with Crippen molar-refractivity contribution in [2.24, 2.45) is 5.92 Å². The number of para-hydroxylation sites is 1. The molecule has 0 spiro atoms. The number of rotatable bonds is 3. The molecule has 1 aromatic carbocycles. The summed E-state index contributed by atoms with van der Waals surface area (Å²) >= 11 is 6.15. The summed E-state index contributed by atoms with van der Waals surface area (Å²) in [5.74, 6) is -1.70. The van der Waals surface area contributed by atoms with Crippen LogP contribution in [0.4, 0.5) is 0 Å². The normalized spacial score (nSPS) is 17.5. The topological polar surface area (TPSA) is 88.3 Å². The number of likely N-dealkylation sites (tertiary alicyclic amines) is 1. The third kappa shape index (κ3) is 2.79. The third-order valence-corrected chi connectivity index (χ3v) is 4.32. The number of hydrogen-bond acceptors (Lipinski definition) is 4. The molecular formula is C15H15ClN4O3. The summed E-state index contributed by atoms with van der Waals surface area (Å²) in [5.41, 5.74) is 1.43. The molecule has 1 amide bonds.